The van der Waals surface area contributed by atoms with E-state index < -0.39 is 5.97 Å². The predicted octanol–water partition coefficient (Wildman–Crippen LogP) is 2.70. The molecular formula is C10H18O2. The monoisotopic (exact) mass is 170 g/mol. The van der Waals surface area contributed by atoms with Gasteiger partial charge >= 0.3 is 5.97 Å². The SMILES string of the molecule is CC(=CC(=O)O)C(C)(C)C(C)C. The molecule has 0 aliphatic rings. The molecule has 0 radical (unpaired) electrons. The lowest BCUT2D eigenvalue weighted by atomic mass is 9.75. The summed E-state index contributed by atoms with van der Waals surface area (Å²) < 4.78 is 0. The van der Waals surface area contributed by atoms with E-state index in [0.29, 0.717) is 5.92 Å². The highest BCUT2D eigenvalue weighted by molar-refractivity contribution is 5.80. The standard InChI is InChI=1S/C10H18O2/c1-7(2)10(4,5)8(3)6-9(11)12/h6-7H,1-5H3,(H,11,12). The highest BCUT2D eigenvalue weighted by atomic mass is 16.4. The van der Waals surface area contributed by atoms with Crippen LogP contribution < -0.4 is 0 Å². The van der Waals surface area contributed by atoms with Crippen molar-refractivity contribution in [2.45, 2.75) is 34.6 Å². The van der Waals surface area contributed by atoms with E-state index in [1.807, 2.05) is 6.92 Å². The second-order valence-electron chi connectivity index (χ2n) is 4.04. The molecule has 0 saturated heterocycles. The zero-order chi connectivity index (χ0) is 9.94. The summed E-state index contributed by atoms with van der Waals surface area (Å²) in [6, 6.07) is 0. The Labute approximate surface area is 74.3 Å². The van der Waals surface area contributed by atoms with Gasteiger partial charge in [-0.25, -0.2) is 4.79 Å². The molecule has 0 aliphatic heterocycles. The molecule has 70 valence electrons. The fourth-order valence-electron chi connectivity index (χ4n) is 0.827. The van der Waals surface area contributed by atoms with Crippen molar-refractivity contribution in [1.82, 2.24) is 0 Å². The van der Waals surface area contributed by atoms with Crippen LogP contribution in [0.25, 0.3) is 0 Å². The third-order valence-corrected chi connectivity index (χ3v) is 2.80. The number of rotatable bonds is 3. The topological polar surface area (TPSA) is 37.3 Å². The van der Waals surface area contributed by atoms with Gasteiger partial charge in [0.05, 0.1) is 0 Å². The number of carbonyl (C=O) groups is 1. The lowest BCUT2D eigenvalue weighted by Crippen LogP contribution is -2.21. The van der Waals surface area contributed by atoms with E-state index >= 15 is 0 Å². The van der Waals surface area contributed by atoms with Crippen molar-refractivity contribution >= 4 is 5.97 Å². The molecule has 0 rings (SSSR count). The second kappa shape index (κ2) is 3.74. The highest BCUT2D eigenvalue weighted by Gasteiger charge is 2.24. The minimum Gasteiger partial charge on any atom is -0.478 e. The first-order valence-electron chi connectivity index (χ1n) is 4.20. The van der Waals surface area contributed by atoms with Crippen molar-refractivity contribution in [2.75, 3.05) is 0 Å². The quantitative estimate of drug-likeness (QED) is 0.661. The van der Waals surface area contributed by atoms with Gasteiger partial charge in [-0.05, 0) is 18.3 Å². The normalized spacial score (nSPS) is 13.7. The van der Waals surface area contributed by atoms with Crippen molar-refractivity contribution in [3.05, 3.63) is 11.6 Å². The highest BCUT2D eigenvalue weighted by Crippen LogP contribution is 2.33. The van der Waals surface area contributed by atoms with Crippen LogP contribution in [0.4, 0.5) is 0 Å². The van der Waals surface area contributed by atoms with Gasteiger partial charge in [0, 0.05) is 6.08 Å². The minimum absolute atomic E-state index is 0.0294. The van der Waals surface area contributed by atoms with E-state index in [-0.39, 0.29) is 5.41 Å². The number of hydrogen-bond donors (Lipinski definition) is 1. The van der Waals surface area contributed by atoms with Crippen molar-refractivity contribution in [1.29, 1.82) is 0 Å². The molecule has 0 heterocycles. The van der Waals surface area contributed by atoms with Gasteiger partial charge in [0.25, 0.3) is 0 Å². The Morgan fingerprint density at radius 3 is 2.08 bits per heavy atom. The molecule has 12 heavy (non-hydrogen) atoms. The van der Waals surface area contributed by atoms with E-state index in [1.54, 1.807) is 0 Å². The Hall–Kier alpha value is -0.790. The Balaban J connectivity index is 4.67. The fraction of sp³-hybridized carbons (Fsp3) is 0.700. The van der Waals surface area contributed by atoms with Crippen LogP contribution in [-0.4, -0.2) is 11.1 Å². The first kappa shape index (κ1) is 11.2. The molecule has 2 heteroatoms. The third kappa shape index (κ3) is 2.68. The number of carboxylic acids is 1. The summed E-state index contributed by atoms with van der Waals surface area (Å²) in [6.07, 6.45) is 1.29. The maximum absolute atomic E-state index is 10.4. The Morgan fingerprint density at radius 1 is 1.42 bits per heavy atom. The Bertz CT molecular complexity index is 200. The van der Waals surface area contributed by atoms with Crippen LogP contribution in [-0.2, 0) is 4.79 Å². The van der Waals surface area contributed by atoms with Crippen LogP contribution in [0.5, 0.6) is 0 Å². The van der Waals surface area contributed by atoms with Crippen molar-refractivity contribution in [3.63, 3.8) is 0 Å². The Kier molecular flexibility index (Phi) is 3.50. The summed E-state index contributed by atoms with van der Waals surface area (Å²) in [5, 5.41) is 8.55. The lowest BCUT2D eigenvalue weighted by molar-refractivity contribution is -0.131. The number of aliphatic carboxylic acids is 1. The molecule has 0 atom stereocenters. The Morgan fingerprint density at radius 2 is 1.83 bits per heavy atom. The van der Waals surface area contributed by atoms with Gasteiger partial charge < -0.3 is 5.11 Å². The van der Waals surface area contributed by atoms with Crippen LogP contribution in [0.3, 0.4) is 0 Å². The van der Waals surface area contributed by atoms with Gasteiger partial charge in [-0.15, -0.1) is 0 Å². The summed E-state index contributed by atoms with van der Waals surface area (Å²) in [5.74, 6) is -0.408. The van der Waals surface area contributed by atoms with E-state index in [4.69, 9.17) is 5.11 Å². The van der Waals surface area contributed by atoms with Gasteiger partial charge in [0.15, 0.2) is 0 Å². The molecule has 1 N–H and O–H groups in total. The predicted molar refractivity (Wildman–Crippen MR) is 50.0 cm³/mol. The fourth-order valence-corrected chi connectivity index (χ4v) is 0.827. The lowest BCUT2D eigenvalue weighted by Gasteiger charge is -2.30. The molecule has 0 fully saturated rings. The first-order chi connectivity index (χ1) is 5.28. The molecule has 0 amide bonds. The van der Waals surface area contributed by atoms with Gasteiger partial charge in [-0.2, -0.15) is 0 Å². The molecule has 2 nitrogen and oxygen atoms in total. The van der Waals surface area contributed by atoms with Crippen LogP contribution in [0.2, 0.25) is 0 Å². The number of hydrogen-bond acceptors (Lipinski definition) is 1. The second-order valence-corrected chi connectivity index (χ2v) is 4.04. The van der Waals surface area contributed by atoms with Crippen molar-refractivity contribution in [3.8, 4) is 0 Å². The molecule has 0 bridgehead atoms. The zero-order valence-electron chi connectivity index (χ0n) is 8.51. The summed E-state index contributed by atoms with van der Waals surface area (Å²) in [6.45, 7) is 10.2. The van der Waals surface area contributed by atoms with E-state index in [2.05, 4.69) is 27.7 Å². The summed E-state index contributed by atoms with van der Waals surface area (Å²) in [5.41, 5.74) is 0.892. The van der Waals surface area contributed by atoms with E-state index in [0.717, 1.165) is 5.57 Å². The largest absolute Gasteiger partial charge is 0.478 e. The van der Waals surface area contributed by atoms with Crippen molar-refractivity contribution in [2.24, 2.45) is 11.3 Å². The van der Waals surface area contributed by atoms with Crippen LogP contribution in [0, 0.1) is 11.3 Å². The molecule has 0 aliphatic carbocycles. The van der Waals surface area contributed by atoms with E-state index in [9.17, 15) is 4.79 Å². The summed E-state index contributed by atoms with van der Waals surface area (Å²) in [4.78, 5) is 10.4. The van der Waals surface area contributed by atoms with Gasteiger partial charge in [0.2, 0.25) is 0 Å². The first-order valence-corrected chi connectivity index (χ1v) is 4.20. The van der Waals surface area contributed by atoms with Gasteiger partial charge in [-0.3, -0.25) is 0 Å². The van der Waals surface area contributed by atoms with Crippen molar-refractivity contribution < 1.29 is 9.90 Å². The smallest absolute Gasteiger partial charge is 0.328 e. The van der Waals surface area contributed by atoms with Crippen LogP contribution in [0.15, 0.2) is 11.6 Å². The number of allylic oxidation sites excluding steroid dienone is 1. The maximum atomic E-state index is 10.4. The maximum Gasteiger partial charge on any atom is 0.328 e. The molecule has 0 unspecified atom stereocenters. The molecule has 0 spiro atoms. The molecule has 0 aromatic rings. The molecule has 0 aromatic heterocycles. The third-order valence-electron chi connectivity index (χ3n) is 2.80. The molecule has 0 aromatic carbocycles. The van der Waals surface area contributed by atoms with Crippen LogP contribution >= 0.6 is 0 Å². The van der Waals surface area contributed by atoms with Gasteiger partial charge in [0.1, 0.15) is 0 Å². The van der Waals surface area contributed by atoms with Crippen LogP contribution in [0.1, 0.15) is 34.6 Å². The van der Waals surface area contributed by atoms with Gasteiger partial charge in [-0.1, -0.05) is 33.3 Å². The summed E-state index contributed by atoms with van der Waals surface area (Å²) in [7, 11) is 0. The number of carboxylic acid groups (broad SMARTS) is 1. The minimum atomic E-state index is -0.860. The molecular weight excluding hydrogens is 152 g/mol. The zero-order valence-corrected chi connectivity index (χ0v) is 8.51. The summed E-state index contributed by atoms with van der Waals surface area (Å²) >= 11 is 0. The molecule has 0 saturated carbocycles. The average Bonchev–Trinajstić information content (AvgIpc) is 1.85. The average molecular weight is 170 g/mol. The van der Waals surface area contributed by atoms with E-state index in [1.165, 1.54) is 6.08 Å².